The molecule has 1 N–H and O–H groups in total. The van der Waals surface area contributed by atoms with Crippen molar-refractivity contribution in [1.29, 1.82) is 0 Å². The summed E-state index contributed by atoms with van der Waals surface area (Å²) in [5, 5.41) is 2.66. The molecular formula is C10H10N4O. The van der Waals surface area contributed by atoms with E-state index in [9.17, 15) is 4.79 Å². The lowest BCUT2D eigenvalue weighted by Gasteiger charge is -2.04. The maximum absolute atomic E-state index is 11.6. The highest BCUT2D eigenvalue weighted by molar-refractivity contribution is 5.89. The summed E-state index contributed by atoms with van der Waals surface area (Å²) in [4.78, 5) is 19.5. The average molecular weight is 202 g/mol. The highest BCUT2D eigenvalue weighted by atomic mass is 16.2. The van der Waals surface area contributed by atoms with Gasteiger partial charge in [-0.15, -0.1) is 0 Å². The molecule has 0 saturated heterocycles. The van der Waals surface area contributed by atoms with Crippen LogP contribution in [0.25, 0.3) is 0 Å². The number of nitrogens with zero attached hydrogens (tertiary/aromatic N) is 3. The molecule has 76 valence electrons. The van der Waals surface area contributed by atoms with Gasteiger partial charge < -0.3 is 0 Å². The lowest BCUT2D eigenvalue weighted by molar-refractivity contribution is 0.253. The van der Waals surface area contributed by atoms with E-state index in [4.69, 9.17) is 0 Å². The molecule has 15 heavy (non-hydrogen) atoms. The van der Waals surface area contributed by atoms with Crippen LogP contribution in [-0.2, 0) is 0 Å². The van der Waals surface area contributed by atoms with E-state index < -0.39 is 0 Å². The number of hydrogen-bond donors (Lipinski definition) is 1. The summed E-state index contributed by atoms with van der Waals surface area (Å²) in [5.41, 5.74) is 0.860. The molecular weight excluding hydrogens is 192 g/mol. The third-order valence-corrected chi connectivity index (χ3v) is 1.86. The fourth-order valence-electron chi connectivity index (χ4n) is 1.17. The van der Waals surface area contributed by atoms with Crippen LogP contribution in [0.4, 0.5) is 10.6 Å². The standard InChI is InChI=1S/C10H10N4O/c1-8-3-2-4-9(12-8)13-10(15)14-6-5-11-7-14/h2-7H,1H3,(H,12,13,15). The van der Waals surface area contributed by atoms with E-state index in [1.165, 1.54) is 10.9 Å². The Kier molecular flexibility index (Phi) is 2.45. The molecule has 5 nitrogen and oxygen atoms in total. The second-order valence-corrected chi connectivity index (χ2v) is 3.06. The first-order chi connectivity index (χ1) is 7.25. The monoisotopic (exact) mass is 202 g/mol. The van der Waals surface area contributed by atoms with Crippen molar-refractivity contribution in [1.82, 2.24) is 14.5 Å². The first-order valence-corrected chi connectivity index (χ1v) is 4.49. The normalized spacial score (nSPS) is 9.93. The van der Waals surface area contributed by atoms with Gasteiger partial charge in [-0.2, -0.15) is 0 Å². The summed E-state index contributed by atoms with van der Waals surface area (Å²) in [6.07, 6.45) is 4.56. The van der Waals surface area contributed by atoms with Crippen LogP contribution in [0.1, 0.15) is 5.69 Å². The highest BCUT2D eigenvalue weighted by Gasteiger charge is 2.04. The minimum Gasteiger partial charge on any atom is -0.292 e. The van der Waals surface area contributed by atoms with Crippen LogP contribution in [-0.4, -0.2) is 20.6 Å². The zero-order valence-corrected chi connectivity index (χ0v) is 8.21. The summed E-state index contributed by atoms with van der Waals surface area (Å²) in [6.45, 7) is 1.87. The summed E-state index contributed by atoms with van der Waals surface area (Å²) >= 11 is 0. The number of nitrogens with one attached hydrogen (secondary N) is 1. The number of aromatic nitrogens is 3. The van der Waals surface area contributed by atoms with E-state index in [1.54, 1.807) is 18.5 Å². The number of carbonyl (C=O) groups is 1. The Hall–Kier alpha value is -2.17. The Morgan fingerprint density at radius 2 is 2.33 bits per heavy atom. The van der Waals surface area contributed by atoms with E-state index in [0.29, 0.717) is 5.82 Å². The molecule has 0 aliphatic rings. The maximum Gasteiger partial charge on any atom is 0.332 e. The number of imidazole rings is 1. The molecule has 0 saturated carbocycles. The summed E-state index contributed by atoms with van der Waals surface area (Å²) in [7, 11) is 0. The molecule has 0 atom stereocenters. The first-order valence-electron chi connectivity index (χ1n) is 4.49. The molecule has 2 aromatic heterocycles. The molecule has 2 heterocycles. The largest absolute Gasteiger partial charge is 0.332 e. The Labute approximate surface area is 86.8 Å². The van der Waals surface area contributed by atoms with Crippen LogP contribution in [0.5, 0.6) is 0 Å². The molecule has 0 unspecified atom stereocenters. The Morgan fingerprint density at radius 1 is 1.47 bits per heavy atom. The highest BCUT2D eigenvalue weighted by Crippen LogP contribution is 2.04. The number of aryl methyl sites for hydroxylation is 1. The first kappa shape index (κ1) is 9.39. The zero-order valence-electron chi connectivity index (χ0n) is 8.21. The molecule has 0 aliphatic heterocycles. The molecule has 0 aliphatic carbocycles. The number of pyridine rings is 1. The fraction of sp³-hybridized carbons (Fsp3) is 0.100. The van der Waals surface area contributed by atoms with Crippen molar-refractivity contribution in [2.45, 2.75) is 6.92 Å². The molecule has 1 amide bonds. The van der Waals surface area contributed by atoms with Gasteiger partial charge >= 0.3 is 6.03 Å². The Bertz CT molecular complexity index is 464. The van der Waals surface area contributed by atoms with Crippen molar-refractivity contribution in [3.63, 3.8) is 0 Å². The van der Waals surface area contributed by atoms with Gasteiger partial charge in [0.15, 0.2) is 0 Å². The summed E-state index contributed by atoms with van der Waals surface area (Å²) < 4.78 is 1.35. The van der Waals surface area contributed by atoms with Gasteiger partial charge in [0.2, 0.25) is 0 Å². The SMILES string of the molecule is Cc1cccc(NC(=O)n2ccnc2)n1. The molecule has 0 bridgehead atoms. The van der Waals surface area contributed by atoms with Gasteiger partial charge in [-0.05, 0) is 19.1 Å². The van der Waals surface area contributed by atoms with Crippen molar-refractivity contribution in [2.75, 3.05) is 5.32 Å². The van der Waals surface area contributed by atoms with E-state index in [0.717, 1.165) is 5.69 Å². The molecule has 5 heteroatoms. The number of anilines is 1. The molecule has 0 aromatic carbocycles. The third kappa shape index (κ3) is 2.19. The number of rotatable bonds is 1. The van der Waals surface area contributed by atoms with Gasteiger partial charge in [-0.1, -0.05) is 6.07 Å². The molecule has 0 radical (unpaired) electrons. The smallest absolute Gasteiger partial charge is 0.292 e. The average Bonchev–Trinajstić information content (AvgIpc) is 2.70. The summed E-state index contributed by atoms with van der Waals surface area (Å²) in [6, 6.07) is 5.17. The third-order valence-electron chi connectivity index (χ3n) is 1.86. The number of carbonyl (C=O) groups excluding carboxylic acids is 1. The van der Waals surface area contributed by atoms with Gasteiger partial charge in [0, 0.05) is 18.1 Å². The number of amides is 1. The molecule has 0 fully saturated rings. The van der Waals surface area contributed by atoms with Gasteiger partial charge in [-0.3, -0.25) is 9.88 Å². The predicted octanol–water partition coefficient (Wildman–Crippen LogP) is 1.67. The van der Waals surface area contributed by atoms with E-state index >= 15 is 0 Å². The van der Waals surface area contributed by atoms with Crippen LogP contribution in [0.2, 0.25) is 0 Å². The predicted molar refractivity (Wildman–Crippen MR) is 55.6 cm³/mol. The van der Waals surface area contributed by atoms with Crippen LogP contribution < -0.4 is 5.32 Å². The van der Waals surface area contributed by atoms with Crippen LogP contribution in [0.15, 0.2) is 36.9 Å². The molecule has 2 aromatic rings. The van der Waals surface area contributed by atoms with Crippen LogP contribution >= 0.6 is 0 Å². The van der Waals surface area contributed by atoms with E-state index in [2.05, 4.69) is 15.3 Å². The molecule has 2 rings (SSSR count). The lowest BCUT2D eigenvalue weighted by Crippen LogP contribution is -2.18. The van der Waals surface area contributed by atoms with Gasteiger partial charge in [0.25, 0.3) is 0 Å². The van der Waals surface area contributed by atoms with Gasteiger partial charge in [0.1, 0.15) is 12.1 Å². The van der Waals surface area contributed by atoms with Crippen molar-refractivity contribution in [2.24, 2.45) is 0 Å². The van der Waals surface area contributed by atoms with Crippen molar-refractivity contribution >= 4 is 11.8 Å². The van der Waals surface area contributed by atoms with Gasteiger partial charge in [0.05, 0.1) is 0 Å². The zero-order chi connectivity index (χ0) is 10.7. The van der Waals surface area contributed by atoms with Crippen molar-refractivity contribution in [3.05, 3.63) is 42.6 Å². The Morgan fingerprint density at radius 3 is 3.00 bits per heavy atom. The second-order valence-electron chi connectivity index (χ2n) is 3.06. The van der Waals surface area contributed by atoms with Gasteiger partial charge in [-0.25, -0.2) is 14.8 Å². The maximum atomic E-state index is 11.6. The van der Waals surface area contributed by atoms with E-state index in [-0.39, 0.29) is 6.03 Å². The minimum atomic E-state index is -0.273. The second kappa shape index (κ2) is 3.91. The Balaban J connectivity index is 2.13. The fourth-order valence-corrected chi connectivity index (χ4v) is 1.17. The summed E-state index contributed by atoms with van der Waals surface area (Å²) in [5.74, 6) is 0.536. The topological polar surface area (TPSA) is 59.8 Å². The molecule has 0 spiro atoms. The van der Waals surface area contributed by atoms with Crippen molar-refractivity contribution in [3.8, 4) is 0 Å². The van der Waals surface area contributed by atoms with Crippen LogP contribution in [0.3, 0.4) is 0 Å². The number of hydrogen-bond acceptors (Lipinski definition) is 3. The lowest BCUT2D eigenvalue weighted by atomic mass is 10.4. The minimum absolute atomic E-state index is 0.273. The van der Waals surface area contributed by atoms with Crippen molar-refractivity contribution < 1.29 is 4.79 Å². The van der Waals surface area contributed by atoms with Crippen LogP contribution in [0, 0.1) is 6.92 Å². The quantitative estimate of drug-likeness (QED) is 0.765. The van der Waals surface area contributed by atoms with E-state index in [1.807, 2.05) is 19.1 Å².